The molecule has 0 aliphatic heterocycles. The lowest BCUT2D eigenvalue weighted by Gasteiger charge is -2.13. The first-order valence-electron chi connectivity index (χ1n) is 6.40. The summed E-state index contributed by atoms with van der Waals surface area (Å²) in [5.74, 6) is -0.498. The van der Waals surface area contributed by atoms with Gasteiger partial charge in [-0.3, -0.25) is 4.40 Å². The second kappa shape index (κ2) is 5.17. The fourth-order valence-corrected chi connectivity index (χ4v) is 2.91. The molecule has 0 atom stereocenters. The molecule has 0 aliphatic carbocycles. The lowest BCUT2D eigenvalue weighted by Crippen LogP contribution is -2.08. The van der Waals surface area contributed by atoms with Gasteiger partial charge >= 0.3 is 5.97 Å². The Morgan fingerprint density at radius 1 is 1.33 bits per heavy atom. The van der Waals surface area contributed by atoms with Gasteiger partial charge in [0.2, 0.25) is 10.8 Å². The standard InChI is InChI=1S/C14H13N3O3S/c1-8(2)20-11-6-4-3-5-9(11)10-7-21-14-16-15-12(13(18)19)17(10)14/h3-8H,1-2H3,(H,18,19). The van der Waals surface area contributed by atoms with Gasteiger partial charge in [-0.1, -0.05) is 12.1 Å². The third kappa shape index (κ3) is 2.36. The number of benzene rings is 1. The second-order valence-corrected chi connectivity index (χ2v) is 5.57. The van der Waals surface area contributed by atoms with E-state index in [1.54, 1.807) is 0 Å². The SMILES string of the molecule is CC(C)Oc1ccccc1-c1csc2nnc(C(=O)O)n12. The summed E-state index contributed by atoms with van der Waals surface area (Å²) in [4.78, 5) is 11.8. The van der Waals surface area contributed by atoms with Crippen LogP contribution in [0.15, 0.2) is 29.6 Å². The van der Waals surface area contributed by atoms with E-state index in [2.05, 4.69) is 10.2 Å². The summed E-state index contributed by atoms with van der Waals surface area (Å²) in [7, 11) is 0. The maximum atomic E-state index is 11.3. The quantitative estimate of drug-likeness (QED) is 0.802. The van der Waals surface area contributed by atoms with Gasteiger partial charge in [0.1, 0.15) is 5.75 Å². The number of fused-ring (bicyclic) bond motifs is 1. The van der Waals surface area contributed by atoms with Gasteiger partial charge in [0.25, 0.3) is 0 Å². The fraction of sp³-hybridized carbons (Fsp3) is 0.214. The molecule has 3 aromatic rings. The van der Waals surface area contributed by atoms with E-state index in [1.807, 2.05) is 43.5 Å². The zero-order valence-corrected chi connectivity index (χ0v) is 12.3. The number of aromatic nitrogens is 3. The van der Waals surface area contributed by atoms with Crippen molar-refractivity contribution in [1.29, 1.82) is 0 Å². The maximum absolute atomic E-state index is 11.3. The molecular formula is C14H13N3O3S. The Bertz CT molecular complexity index is 807. The third-order valence-electron chi connectivity index (χ3n) is 2.87. The van der Waals surface area contributed by atoms with E-state index in [0.717, 1.165) is 5.56 Å². The summed E-state index contributed by atoms with van der Waals surface area (Å²) < 4.78 is 7.34. The molecule has 7 heteroatoms. The maximum Gasteiger partial charge on any atom is 0.374 e. The molecule has 3 rings (SSSR count). The Morgan fingerprint density at radius 3 is 2.81 bits per heavy atom. The van der Waals surface area contributed by atoms with Crippen LogP contribution in [-0.4, -0.2) is 31.8 Å². The van der Waals surface area contributed by atoms with E-state index in [1.165, 1.54) is 15.7 Å². The van der Waals surface area contributed by atoms with Crippen LogP contribution in [0.2, 0.25) is 0 Å². The highest BCUT2D eigenvalue weighted by Crippen LogP contribution is 2.33. The summed E-state index contributed by atoms with van der Waals surface area (Å²) in [5, 5.41) is 18.7. The number of aromatic carboxylic acids is 1. The molecule has 21 heavy (non-hydrogen) atoms. The molecule has 2 aromatic heterocycles. The average Bonchev–Trinajstić information content (AvgIpc) is 2.99. The Hall–Kier alpha value is -2.41. The van der Waals surface area contributed by atoms with Gasteiger partial charge < -0.3 is 9.84 Å². The van der Waals surface area contributed by atoms with Crippen molar-refractivity contribution in [2.24, 2.45) is 0 Å². The smallest absolute Gasteiger partial charge is 0.374 e. The Morgan fingerprint density at radius 2 is 2.10 bits per heavy atom. The van der Waals surface area contributed by atoms with Gasteiger partial charge in [0.05, 0.1) is 11.8 Å². The monoisotopic (exact) mass is 303 g/mol. The van der Waals surface area contributed by atoms with Gasteiger partial charge in [-0.05, 0) is 26.0 Å². The first kappa shape index (κ1) is 13.6. The van der Waals surface area contributed by atoms with Crippen molar-refractivity contribution in [3.63, 3.8) is 0 Å². The van der Waals surface area contributed by atoms with E-state index in [9.17, 15) is 9.90 Å². The van der Waals surface area contributed by atoms with Crippen molar-refractivity contribution in [3.05, 3.63) is 35.5 Å². The summed E-state index contributed by atoms with van der Waals surface area (Å²) in [6.07, 6.45) is 0.0279. The number of para-hydroxylation sites is 1. The Kier molecular flexibility index (Phi) is 3.34. The molecule has 0 amide bonds. The van der Waals surface area contributed by atoms with Gasteiger partial charge in [-0.2, -0.15) is 0 Å². The topological polar surface area (TPSA) is 76.7 Å². The summed E-state index contributed by atoms with van der Waals surface area (Å²) >= 11 is 1.35. The minimum Gasteiger partial charge on any atom is -0.490 e. The second-order valence-electron chi connectivity index (χ2n) is 4.73. The van der Waals surface area contributed by atoms with Crippen LogP contribution in [0.5, 0.6) is 5.75 Å². The number of hydrogen-bond donors (Lipinski definition) is 1. The van der Waals surface area contributed by atoms with Gasteiger partial charge in [-0.25, -0.2) is 4.79 Å². The molecule has 6 nitrogen and oxygen atoms in total. The first-order valence-corrected chi connectivity index (χ1v) is 7.28. The molecule has 2 heterocycles. The van der Waals surface area contributed by atoms with E-state index in [-0.39, 0.29) is 11.9 Å². The van der Waals surface area contributed by atoms with Crippen LogP contribution < -0.4 is 4.74 Å². The van der Waals surface area contributed by atoms with Crippen LogP contribution in [0.1, 0.15) is 24.5 Å². The highest BCUT2D eigenvalue weighted by Gasteiger charge is 2.20. The van der Waals surface area contributed by atoms with E-state index in [0.29, 0.717) is 16.4 Å². The van der Waals surface area contributed by atoms with Crippen molar-refractivity contribution >= 4 is 22.3 Å². The molecule has 0 fully saturated rings. The van der Waals surface area contributed by atoms with Crippen LogP contribution >= 0.6 is 11.3 Å². The predicted octanol–water partition coefficient (Wildman–Crippen LogP) is 2.94. The highest BCUT2D eigenvalue weighted by atomic mass is 32.1. The normalized spacial score (nSPS) is 11.2. The minimum absolute atomic E-state index is 0.0279. The molecule has 0 bridgehead atoms. The Labute approximate surface area is 124 Å². The van der Waals surface area contributed by atoms with E-state index >= 15 is 0 Å². The van der Waals surface area contributed by atoms with Crippen LogP contribution in [0.25, 0.3) is 16.2 Å². The summed E-state index contributed by atoms with van der Waals surface area (Å²) in [5.41, 5.74) is 1.54. The summed E-state index contributed by atoms with van der Waals surface area (Å²) in [6.45, 7) is 3.89. The molecule has 108 valence electrons. The molecule has 0 spiro atoms. The number of nitrogens with zero attached hydrogens (tertiary/aromatic N) is 3. The molecule has 1 aromatic carbocycles. The molecule has 1 N–H and O–H groups in total. The van der Waals surface area contributed by atoms with Crippen molar-refractivity contribution in [1.82, 2.24) is 14.6 Å². The number of carbonyl (C=O) groups is 1. The number of carboxylic acid groups (broad SMARTS) is 1. The summed E-state index contributed by atoms with van der Waals surface area (Å²) in [6, 6.07) is 7.53. The highest BCUT2D eigenvalue weighted by molar-refractivity contribution is 7.15. The largest absolute Gasteiger partial charge is 0.490 e. The first-order chi connectivity index (χ1) is 10.1. The van der Waals surface area contributed by atoms with E-state index in [4.69, 9.17) is 4.74 Å². The van der Waals surface area contributed by atoms with Crippen LogP contribution in [0, 0.1) is 0 Å². The molecule has 0 radical (unpaired) electrons. The molecular weight excluding hydrogens is 290 g/mol. The fourth-order valence-electron chi connectivity index (χ4n) is 2.08. The van der Waals surface area contributed by atoms with Crippen LogP contribution in [0.4, 0.5) is 0 Å². The zero-order chi connectivity index (χ0) is 15.0. The molecule has 0 saturated heterocycles. The third-order valence-corrected chi connectivity index (χ3v) is 3.68. The molecule has 0 aliphatic rings. The number of hydrogen-bond acceptors (Lipinski definition) is 5. The Balaban J connectivity index is 2.21. The molecule has 0 unspecified atom stereocenters. The van der Waals surface area contributed by atoms with Crippen molar-refractivity contribution < 1.29 is 14.6 Å². The van der Waals surface area contributed by atoms with E-state index < -0.39 is 5.97 Å². The number of ether oxygens (including phenoxy) is 1. The molecule has 0 saturated carbocycles. The van der Waals surface area contributed by atoms with Crippen LogP contribution in [-0.2, 0) is 0 Å². The van der Waals surface area contributed by atoms with Gasteiger partial charge in [-0.15, -0.1) is 21.5 Å². The van der Waals surface area contributed by atoms with Crippen molar-refractivity contribution in [2.45, 2.75) is 20.0 Å². The zero-order valence-electron chi connectivity index (χ0n) is 11.5. The minimum atomic E-state index is -1.11. The predicted molar refractivity (Wildman–Crippen MR) is 79.0 cm³/mol. The average molecular weight is 303 g/mol. The lowest BCUT2D eigenvalue weighted by molar-refractivity contribution is 0.0682. The van der Waals surface area contributed by atoms with Crippen LogP contribution in [0.3, 0.4) is 0 Å². The van der Waals surface area contributed by atoms with Crippen molar-refractivity contribution in [2.75, 3.05) is 0 Å². The number of carboxylic acids is 1. The van der Waals surface area contributed by atoms with Crippen molar-refractivity contribution in [3.8, 4) is 17.0 Å². The van der Waals surface area contributed by atoms with Gasteiger partial charge in [0.15, 0.2) is 0 Å². The number of rotatable bonds is 4. The van der Waals surface area contributed by atoms with Gasteiger partial charge in [0, 0.05) is 10.9 Å². The number of thiazole rings is 1. The lowest BCUT2D eigenvalue weighted by atomic mass is 10.1.